The van der Waals surface area contributed by atoms with Gasteiger partial charge >= 0.3 is 0 Å². The summed E-state index contributed by atoms with van der Waals surface area (Å²) >= 11 is 0. The van der Waals surface area contributed by atoms with Gasteiger partial charge in [0.05, 0.1) is 6.54 Å². The molecule has 1 aliphatic rings. The first-order chi connectivity index (χ1) is 7.79. The van der Waals surface area contributed by atoms with E-state index in [1.165, 1.54) is 19.4 Å². The van der Waals surface area contributed by atoms with Crippen LogP contribution in [0.1, 0.15) is 19.8 Å². The SMILES string of the molecule is CC1CCN(CCn2cccn2)C(CN)C1. The Morgan fingerprint density at radius 2 is 2.31 bits per heavy atom. The van der Waals surface area contributed by atoms with Crippen LogP contribution in [0.25, 0.3) is 0 Å². The predicted octanol–water partition coefficient (Wildman–Crippen LogP) is 0.942. The molecule has 1 aromatic heterocycles. The second-order valence-corrected chi connectivity index (χ2v) is 4.82. The fourth-order valence-electron chi connectivity index (χ4n) is 2.50. The van der Waals surface area contributed by atoms with Crippen molar-refractivity contribution in [3.05, 3.63) is 18.5 Å². The number of piperidine rings is 1. The van der Waals surface area contributed by atoms with E-state index >= 15 is 0 Å². The molecule has 2 heterocycles. The van der Waals surface area contributed by atoms with Crippen molar-refractivity contribution >= 4 is 0 Å². The van der Waals surface area contributed by atoms with Crippen LogP contribution >= 0.6 is 0 Å². The molecule has 2 N–H and O–H groups in total. The van der Waals surface area contributed by atoms with Crippen molar-refractivity contribution in [2.24, 2.45) is 11.7 Å². The minimum absolute atomic E-state index is 0.569. The molecule has 0 spiro atoms. The maximum atomic E-state index is 5.84. The van der Waals surface area contributed by atoms with Gasteiger partial charge in [-0.05, 0) is 31.4 Å². The number of hydrogen-bond donors (Lipinski definition) is 1. The molecule has 90 valence electrons. The molecule has 0 aromatic carbocycles. The first kappa shape index (κ1) is 11.6. The Labute approximate surface area is 97.4 Å². The molecule has 2 rings (SSSR count). The van der Waals surface area contributed by atoms with E-state index in [1.807, 2.05) is 23.1 Å². The molecule has 0 bridgehead atoms. The second kappa shape index (κ2) is 5.46. The Kier molecular flexibility index (Phi) is 3.96. The molecule has 16 heavy (non-hydrogen) atoms. The van der Waals surface area contributed by atoms with Crippen LogP contribution < -0.4 is 5.73 Å². The highest BCUT2D eigenvalue weighted by molar-refractivity contribution is 4.82. The maximum Gasteiger partial charge on any atom is 0.0536 e. The summed E-state index contributed by atoms with van der Waals surface area (Å²) in [6, 6.07) is 2.54. The van der Waals surface area contributed by atoms with E-state index in [9.17, 15) is 0 Å². The van der Waals surface area contributed by atoms with Crippen LogP contribution in [0, 0.1) is 5.92 Å². The van der Waals surface area contributed by atoms with Crippen LogP contribution in [-0.2, 0) is 6.54 Å². The smallest absolute Gasteiger partial charge is 0.0536 e. The van der Waals surface area contributed by atoms with Crippen LogP contribution in [0.5, 0.6) is 0 Å². The summed E-state index contributed by atoms with van der Waals surface area (Å²) in [6.07, 6.45) is 6.40. The van der Waals surface area contributed by atoms with Crippen molar-refractivity contribution in [2.45, 2.75) is 32.4 Å². The van der Waals surface area contributed by atoms with Crippen LogP contribution in [0.3, 0.4) is 0 Å². The molecule has 0 amide bonds. The molecule has 1 saturated heterocycles. The van der Waals surface area contributed by atoms with Crippen LogP contribution in [0.15, 0.2) is 18.5 Å². The standard InChI is InChI=1S/C12H22N4/c1-11-3-6-15(12(9-11)10-13)7-8-16-5-2-4-14-16/h2,4-5,11-12H,3,6-10,13H2,1H3. The number of aromatic nitrogens is 2. The average Bonchev–Trinajstić information content (AvgIpc) is 2.80. The summed E-state index contributed by atoms with van der Waals surface area (Å²) in [4.78, 5) is 2.52. The number of rotatable bonds is 4. The van der Waals surface area contributed by atoms with Crippen molar-refractivity contribution in [3.63, 3.8) is 0 Å². The molecule has 0 aliphatic carbocycles. The van der Waals surface area contributed by atoms with Gasteiger partial charge in [0.2, 0.25) is 0 Å². The van der Waals surface area contributed by atoms with Gasteiger partial charge in [0.25, 0.3) is 0 Å². The fourth-order valence-corrected chi connectivity index (χ4v) is 2.50. The Morgan fingerprint density at radius 1 is 1.44 bits per heavy atom. The van der Waals surface area contributed by atoms with Gasteiger partial charge in [0.1, 0.15) is 0 Å². The Balaban J connectivity index is 1.83. The van der Waals surface area contributed by atoms with Crippen molar-refractivity contribution in [2.75, 3.05) is 19.6 Å². The summed E-state index contributed by atoms with van der Waals surface area (Å²) in [7, 11) is 0. The number of hydrogen-bond acceptors (Lipinski definition) is 3. The largest absolute Gasteiger partial charge is 0.329 e. The van der Waals surface area contributed by atoms with E-state index in [-0.39, 0.29) is 0 Å². The number of nitrogens with zero attached hydrogens (tertiary/aromatic N) is 3. The summed E-state index contributed by atoms with van der Waals surface area (Å²) in [5.41, 5.74) is 5.84. The molecule has 4 heteroatoms. The van der Waals surface area contributed by atoms with Gasteiger partial charge in [-0.3, -0.25) is 9.58 Å². The van der Waals surface area contributed by atoms with E-state index in [0.717, 1.165) is 25.6 Å². The summed E-state index contributed by atoms with van der Waals surface area (Å²) in [6.45, 7) is 6.33. The summed E-state index contributed by atoms with van der Waals surface area (Å²) in [5, 5.41) is 4.23. The monoisotopic (exact) mass is 222 g/mol. The molecule has 0 saturated carbocycles. The minimum atomic E-state index is 0.569. The van der Waals surface area contributed by atoms with Crippen LogP contribution in [-0.4, -0.2) is 40.4 Å². The minimum Gasteiger partial charge on any atom is -0.329 e. The van der Waals surface area contributed by atoms with Gasteiger partial charge in [-0.15, -0.1) is 0 Å². The highest BCUT2D eigenvalue weighted by Gasteiger charge is 2.24. The quantitative estimate of drug-likeness (QED) is 0.825. The Morgan fingerprint density at radius 3 is 3.00 bits per heavy atom. The van der Waals surface area contributed by atoms with E-state index in [4.69, 9.17) is 5.73 Å². The number of nitrogens with two attached hydrogens (primary N) is 1. The normalized spacial score (nSPS) is 27.1. The number of likely N-dealkylation sites (tertiary alicyclic amines) is 1. The molecule has 0 radical (unpaired) electrons. The molecule has 2 unspecified atom stereocenters. The topological polar surface area (TPSA) is 47.1 Å². The zero-order valence-electron chi connectivity index (χ0n) is 10.0. The fraction of sp³-hybridized carbons (Fsp3) is 0.750. The van der Waals surface area contributed by atoms with Gasteiger partial charge < -0.3 is 5.73 Å². The Bertz CT molecular complexity index is 296. The Hall–Kier alpha value is -0.870. The van der Waals surface area contributed by atoms with Crippen LogP contribution in [0.4, 0.5) is 0 Å². The van der Waals surface area contributed by atoms with E-state index < -0.39 is 0 Å². The average molecular weight is 222 g/mol. The van der Waals surface area contributed by atoms with Crippen molar-refractivity contribution in [1.29, 1.82) is 0 Å². The van der Waals surface area contributed by atoms with Crippen molar-refractivity contribution in [3.8, 4) is 0 Å². The third kappa shape index (κ3) is 2.83. The lowest BCUT2D eigenvalue weighted by molar-refractivity contribution is 0.117. The first-order valence-electron chi connectivity index (χ1n) is 6.21. The third-order valence-electron chi connectivity index (χ3n) is 3.55. The van der Waals surface area contributed by atoms with Gasteiger partial charge in [0.15, 0.2) is 0 Å². The molecular formula is C12H22N4. The van der Waals surface area contributed by atoms with E-state index in [0.29, 0.717) is 6.04 Å². The first-order valence-corrected chi connectivity index (χ1v) is 6.21. The third-order valence-corrected chi connectivity index (χ3v) is 3.55. The van der Waals surface area contributed by atoms with E-state index in [2.05, 4.69) is 16.9 Å². The lowest BCUT2D eigenvalue weighted by Gasteiger charge is -2.37. The predicted molar refractivity (Wildman–Crippen MR) is 65.0 cm³/mol. The maximum absolute atomic E-state index is 5.84. The van der Waals surface area contributed by atoms with Gasteiger partial charge in [-0.1, -0.05) is 6.92 Å². The highest BCUT2D eigenvalue weighted by Crippen LogP contribution is 2.21. The molecule has 1 aliphatic heterocycles. The lowest BCUT2D eigenvalue weighted by Crippen LogP contribution is -2.47. The van der Waals surface area contributed by atoms with E-state index in [1.54, 1.807) is 0 Å². The summed E-state index contributed by atoms with van der Waals surface area (Å²) in [5.74, 6) is 0.828. The van der Waals surface area contributed by atoms with Crippen molar-refractivity contribution in [1.82, 2.24) is 14.7 Å². The molecular weight excluding hydrogens is 200 g/mol. The van der Waals surface area contributed by atoms with Gasteiger partial charge in [-0.2, -0.15) is 5.10 Å². The molecule has 4 nitrogen and oxygen atoms in total. The zero-order chi connectivity index (χ0) is 11.4. The highest BCUT2D eigenvalue weighted by atomic mass is 15.3. The lowest BCUT2D eigenvalue weighted by atomic mass is 9.92. The molecule has 1 fully saturated rings. The van der Waals surface area contributed by atoms with Gasteiger partial charge in [0, 0.05) is 31.5 Å². The van der Waals surface area contributed by atoms with Gasteiger partial charge in [-0.25, -0.2) is 0 Å². The van der Waals surface area contributed by atoms with Crippen LogP contribution in [0.2, 0.25) is 0 Å². The zero-order valence-corrected chi connectivity index (χ0v) is 10.0. The second-order valence-electron chi connectivity index (χ2n) is 4.82. The van der Waals surface area contributed by atoms with Crippen molar-refractivity contribution < 1.29 is 0 Å². The summed E-state index contributed by atoms with van der Waals surface area (Å²) < 4.78 is 1.99. The molecule has 1 aromatic rings. The molecule has 2 atom stereocenters.